The largest absolute Gasteiger partial charge is 0.468 e. The van der Waals surface area contributed by atoms with Gasteiger partial charge in [0.1, 0.15) is 11.5 Å². The van der Waals surface area contributed by atoms with Crippen molar-refractivity contribution < 1.29 is 13.6 Å². The Hall–Kier alpha value is -2.01. The van der Waals surface area contributed by atoms with Crippen LogP contribution in [-0.4, -0.2) is 23.4 Å². The highest BCUT2D eigenvalue weighted by Crippen LogP contribution is 2.23. The lowest BCUT2D eigenvalue weighted by Crippen LogP contribution is -2.45. The fourth-order valence-corrected chi connectivity index (χ4v) is 3.40. The van der Waals surface area contributed by atoms with Crippen LogP contribution in [0, 0.1) is 5.92 Å². The molecule has 2 aromatic heterocycles. The van der Waals surface area contributed by atoms with E-state index in [1.807, 2.05) is 29.2 Å². The van der Waals surface area contributed by atoms with Gasteiger partial charge in [-0.05, 0) is 43.0 Å². The summed E-state index contributed by atoms with van der Waals surface area (Å²) in [7, 11) is 0. The molecule has 1 amide bonds. The van der Waals surface area contributed by atoms with E-state index in [1.54, 1.807) is 12.5 Å². The number of carbonyl (C=O) groups is 1. The van der Waals surface area contributed by atoms with Gasteiger partial charge in [-0.25, -0.2) is 0 Å². The molecule has 130 valence electrons. The Morgan fingerprint density at radius 2 is 1.75 bits per heavy atom. The minimum atomic E-state index is 0.0758. The van der Waals surface area contributed by atoms with Crippen molar-refractivity contribution in [3.05, 3.63) is 48.3 Å². The van der Waals surface area contributed by atoms with Crippen molar-refractivity contribution in [2.24, 2.45) is 5.92 Å². The Morgan fingerprint density at radius 3 is 2.29 bits per heavy atom. The van der Waals surface area contributed by atoms with E-state index in [0.717, 1.165) is 17.9 Å². The molecule has 2 aromatic rings. The normalized spacial score (nSPS) is 21.1. The maximum Gasteiger partial charge on any atom is 0.234 e. The van der Waals surface area contributed by atoms with Crippen molar-refractivity contribution in [3.63, 3.8) is 0 Å². The third-order valence-corrected chi connectivity index (χ3v) is 4.74. The minimum Gasteiger partial charge on any atom is -0.468 e. The number of furan rings is 2. The molecular formula is C19H26N2O3. The number of nitrogens with zero attached hydrogens (tertiary/aromatic N) is 1. The average molecular weight is 330 g/mol. The van der Waals surface area contributed by atoms with Gasteiger partial charge in [-0.3, -0.25) is 9.69 Å². The van der Waals surface area contributed by atoms with Gasteiger partial charge < -0.3 is 14.2 Å². The monoisotopic (exact) mass is 330 g/mol. The van der Waals surface area contributed by atoms with Gasteiger partial charge >= 0.3 is 0 Å². The SMILES string of the molecule is CC1CCCCC1NC(=O)CN(Cc1ccco1)Cc1ccco1. The first-order valence-electron chi connectivity index (χ1n) is 8.77. The molecule has 0 aromatic carbocycles. The van der Waals surface area contributed by atoms with E-state index in [4.69, 9.17) is 8.83 Å². The van der Waals surface area contributed by atoms with Crippen LogP contribution in [0.5, 0.6) is 0 Å². The van der Waals surface area contributed by atoms with Crippen molar-refractivity contribution in [2.75, 3.05) is 6.54 Å². The molecule has 2 atom stereocenters. The van der Waals surface area contributed by atoms with Gasteiger partial charge in [0.2, 0.25) is 5.91 Å². The summed E-state index contributed by atoms with van der Waals surface area (Å²) in [6.45, 7) is 3.74. The number of hydrogen-bond donors (Lipinski definition) is 1. The molecule has 1 saturated carbocycles. The molecule has 5 heteroatoms. The molecule has 1 N–H and O–H groups in total. The van der Waals surface area contributed by atoms with Crippen molar-refractivity contribution in [2.45, 2.75) is 51.7 Å². The molecule has 2 unspecified atom stereocenters. The van der Waals surface area contributed by atoms with Gasteiger partial charge in [0.15, 0.2) is 0 Å². The second kappa shape index (κ2) is 8.20. The van der Waals surface area contributed by atoms with Crippen LogP contribution < -0.4 is 5.32 Å². The highest BCUT2D eigenvalue weighted by atomic mass is 16.3. The molecule has 0 spiro atoms. The van der Waals surface area contributed by atoms with E-state index in [9.17, 15) is 4.79 Å². The van der Waals surface area contributed by atoms with Crippen LogP contribution in [0.2, 0.25) is 0 Å². The van der Waals surface area contributed by atoms with Gasteiger partial charge in [0, 0.05) is 6.04 Å². The quantitative estimate of drug-likeness (QED) is 0.843. The molecule has 0 aliphatic heterocycles. The van der Waals surface area contributed by atoms with Crippen molar-refractivity contribution in [1.82, 2.24) is 10.2 Å². The van der Waals surface area contributed by atoms with Crippen molar-refractivity contribution in [1.29, 1.82) is 0 Å². The Morgan fingerprint density at radius 1 is 1.12 bits per heavy atom. The standard InChI is InChI=1S/C19H26N2O3/c1-15-6-2-3-9-18(15)20-19(22)14-21(12-16-7-4-10-23-16)13-17-8-5-11-24-17/h4-5,7-8,10-11,15,18H,2-3,6,9,12-14H2,1H3,(H,20,22). The molecule has 24 heavy (non-hydrogen) atoms. The summed E-state index contributed by atoms with van der Waals surface area (Å²) < 4.78 is 10.9. The summed E-state index contributed by atoms with van der Waals surface area (Å²) in [5.74, 6) is 2.33. The number of nitrogens with one attached hydrogen (secondary N) is 1. The summed E-state index contributed by atoms with van der Waals surface area (Å²) >= 11 is 0. The van der Waals surface area contributed by atoms with E-state index in [-0.39, 0.29) is 5.91 Å². The van der Waals surface area contributed by atoms with Crippen molar-refractivity contribution >= 4 is 5.91 Å². The minimum absolute atomic E-state index is 0.0758. The summed E-state index contributed by atoms with van der Waals surface area (Å²) in [5.41, 5.74) is 0. The lowest BCUT2D eigenvalue weighted by atomic mass is 9.86. The highest BCUT2D eigenvalue weighted by molar-refractivity contribution is 5.78. The smallest absolute Gasteiger partial charge is 0.234 e. The van der Waals surface area contributed by atoms with Crippen LogP contribution in [0.15, 0.2) is 45.6 Å². The first-order chi connectivity index (χ1) is 11.7. The van der Waals surface area contributed by atoms with Crippen LogP contribution in [0.1, 0.15) is 44.1 Å². The predicted molar refractivity (Wildman–Crippen MR) is 91.1 cm³/mol. The maximum absolute atomic E-state index is 12.5. The summed E-state index contributed by atoms with van der Waals surface area (Å²) in [4.78, 5) is 14.6. The molecule has 3 rings (SSSR count). The van der Waals surface area contributed by atoms with E-state index in [1.165, 1.54) is 19.3 Å². The zero-order valence-corrected chi connectivity index (χ0v) is 14.2. The second-order valence-electron chi connectivity index (χ2n) is 6.74. The first-order valence-corrected chi connectivity index (χ1v) is 8.77. The maximum atomic E-state index is 12.5. The van der Waals surface area contributed by atoms with Gasteiger partial charge in [0.05, 0.1) is 32.2 Å². The zero-order chi connectivity index (χ0) is 16.8. The van der Waals surface area contributed by atoms with Crippen LogP contribution >= 0.6 is 0 Å². The van der Waals surface area contributed by atoms with E-state index in [0.29, 0.717) is 31.6 Å². The molecule has 2 heterocycles. The van der Waals surface area contributed by atoms with Gasteiger partial charge in [0.25, 0.3) is 0 Å². The van der Waals surface area contributed by atoms with Gasteiger partial charge in [-0.15, -0.1) is 0 Å². The fourth-order valence-electron chi connectivity index (χ4n) is 3.40. The Kier molecular flexibility index (Phi) is 5.75. The zero-order valence-electron chi connectivity index (χ0n) is 14.2. The van der Waals surface area contributed by atoms with Crippen LogP contribution in [0.25, 0.3) is 0 Å². The summed E-state index contributed by atoms with van der Waals surface area (Å²) in [6, 6.07) is 7.89. The number of rotatable bonds is 7. The number of amides is 1. The molecule has 5 nitrogen and oxygen atoms in total. The second-order valence-corrected chi connectivity index (χ2v) is 6.74. The highest BCUT2D eigenvalue weighted by Gasteiger charge is 2.24. The predicted octanol–water partition coefficient (Wildman–Crippen LogP) is 3.57. The van der Waals surface area contributed by atoms with Gasteiger partial charge in [-0.1, -0.05) is 19.8 Å². The van der Waals surface area contributed by atoms with Gasteiger partial charge in [-0.2, -0.15) is 0 Å². The third-order valence-electron chi connectivity index (χ3n) is 4.74. The Bertz CT molecular complexity index is 570. The van der Waals surface area contributed by atoms with E-state index < -0.39 is 0 Å². The summed E-state index contributed by atoms with van der Waals surface area (Å²) in [6.07, 6.45) is 8.08. The molecule has 0 saturated heterocycles. The molecule has 0 bridgehead atoms. The summed E-state index contributed by atoms with van der Waals surface area (Å²) in [5, 5.41) is 3.22. The Balaban J connectivity index is 1.58. The van der Waals surface area contributed by atoms with Crippen LogP contribution in [0.4, 0.5) is 0 Å². The number of hydrogen-bond acceptors (Lipinski definition) is 4. The van der Waals surface area contributed by atoms with E-state index in [2.05, 4.69) is 12.2 Å². The lowest BCUT2D eigenvalue weighted by molar-refractivity contribution is -0.123. The lowest BCUT2D eigenvalue weighted by Gasteiger charge is -2.30. The number of carbonyl (C=O) groups excluding carboxylic acids is 1. The molecular weight excluding hydrogens is 304 g/mol. The molecule has 1 aliphatic carbocycles. The Labute approximate surface area is 143 Å². The topological polar surface area (TPSA) is 58.6 Å². The van der Waals surface area contributed by atoms with Crippen LogP contribution in [-0.2, 0) is 17.9 Å². The van der Waals surface area contributed by atoms with Crippen molar-refractivity contribution in [3.8, 4) is 0 Å². The first kappa shape index (κ1) is 16.8. The molecule has 1 aliphatic rings. The van der Waals surface area contributed by atoms with Crippen LogP contribution in [0.3, 0.4) is 0 Å². The van der Waals surface area contributed by atoms with E-state index >= 15 is 0 Å². The molecule has 1 fully saturated rings. The fraction of sp³-hybridized carbons (Fsp3) is 0.526. The average Bonchev–Trinajstić information content (AvgIpc) is 3.23. The molecule has 0 radical (unpaired) electrons. The third kappa shape index (κ3) is 4.74.